The normalized spacial score (nSPS) is 12.1. The minimum absolute atomic E-state index is 0.0763. The summed E-state index contributed by atoms with van der Waals surface area (Å²) >= 11 is 0. The van der Waals surface area contributed by atoms with Crippen LogP contribution in [0.5, 0.6) is 0 Å². The van der Waals surface area contributed by atoms with E-state index in [9.17, 15) is 4.79 Å². The Bertz CT molecular complexity index is 177. The number of nitrogens with zero attached hydrogens (tertiary/aromatic N) is 1. The quantitative estimate of drug-likeness (QED) is 0.579. The lowest BCUT2D eigenvalue weighted by Gasteiger charge is -2.25. The van der Waals surface area contributed by atoms with Gasteiger partial charge in [0.25, 0.3) is 0 Å². The molecule has 0 spiro atoms. The fraction of sp³-hybridized carbons (Fsp3) is 0.700. The third kappa shape index (κ3) is 4.94. The SMILES string of the molecule is CC=CC(=O)N(C)CC(C)(C)C. The number of rotatable bonds is 2. The number of likely N-dealkylation sites (N-methyl/N-ethyl adjacent to an activating group) is 1. The van der Waals surface area contributed by atoms with E-state index in [0.29, 0.717) is 0 Å². The molecule has 0 N–H and O–H groups in total. The number of hydrogen-bond acceptors (Lipinski definition) is 1. The lowest BCUT2D eigenvalue weighted by atomic mass is 9.96. The highest BCUT2D eigenvalue weighted by atomic mass is 16.2. The van der Waals surface area contributed by atoms with Gasteiger partial charge in [0.2, 0.25) is 5.91 Å². The van der Waals surface area contributed by atoms with Gasteiger partial charge in [-0.1, -0.05) is 26.8 Å². The minimum Gasteiger partial charge on any atom is -0.342 e. The first-order chi connectivity index (χ1) is 5.37. The lowest BCUT2D eigenvalue weighted by Crippen LogP contribution is -2.33. The van der Waals surface area contributed by atoms with Crippen molar-refractivity contribution in [2.24, 2.45) is 5.41 Å². The smallest absolute Gasteiger partial charge is 0.245 e. The van der Waals surface area contributed by atoms with Crippen molar-refractivity contribution in [2.75, 3.05) is 13.6 Å². The first kappa shape index (κ1) is 11.2. The summed E-state index contributed by atoms with van der Waals surface area (Å²) in [5.41, 5.74) is 0.173. The molecule has 0 rings (SSSR count). The van der Waals surface area contributed by atoms with Crippen LogP contribution in [0.3, 0.4) is 0 Å². The van der Waals surface area contributed by atoms with Crippen LogP contribution in [0, 0.1) is 5.41 Å². The molecule has 2 heteroatoms. The molecule has 0 saturated heterocycles. The van der Waals surface area contributed by atoms with E-state index in [-0.39, 0.29) is 11.3 Å². The predicted octanol–water partition coefficient (Wildman–Crippen LogP) is 2.07. The van der Waals surface area contributed by atoms with Gasteiger partial charge in [-0.15, -0.1) is 0 Å². The standard InChI is InChI=1S/C10H19NO/c1-6-7-9(12)11(5)8-10(2,3)4/h6-7H,8H2,1-5H3. The number of amides is 1. The zero-order valence-electron chi connectivity index (χ0n) is 8.72. The summed E-state index contributed by atoms with van der Waals surface area (Å²) in [6, 6.07) is 0. The van der Waals surface area contributed by atoms with Gasteiger partial charge in [0.15, 0.2) is 0 Å². The molecular weight excluding hydrogens is 150 g/mol. The molecule has 0 aliphatic rings. The average Bonchev–Trinajstić information content (AvgIpc) is 1.84. The maximum absolute atomic E-state index is 11.3. The third-order valence-corrected chi connectivity index (χ3v) is 1.40. The predicted molar refractivity (Wildman–Crippen MR) is 51.9 cm³/mol. The average molecular weight is 169 g/mol. The first-order valence-corrected chi connectivity index (χ1v) is 4.24. The van der Waals surface area contributed by atoms with Gasteiger partial charge in [-0.2, -0.15) is 0 Å². The molecule has 0 unspecified atom stereocenters. The Kier molecular flexibility index (Phi) is 4.01. The number of hydrogen-bond donors (Lipinski definition) is 0. The maximum Gasteiger partial charge on any atom is 0.245 e. The molecule has 12 heavy (non-hydrogen) atoms. The van der Waals surface area contributed by atoms with Crippen LogP contribution in [0.4, 0.5) is 0 Å². The summed E-state index contributed by atoms with van der Waals surface area (Å²) in [4.78, 5) is 13.0. The Hall–Kier alpha value is -0.790. The van der Waals surface area contributed by atoms with Crippen LogP contribution in [-0.2, 0) is 4.79 Å². The molecule has 0 aromatic heterocycles. The van der Waals surface area contributed by atoms with Gasteiger partial charge in [0, 0.05) is 13.6 Å². The van der Waals surface area contributed by atoms with Gasteiger partial charge in [-0.25, -0.2) is 0 Å². The van der Waals surface area contributed by atoms with Gasteiger partial charge in [-0.3, -0.25) is 4.79 Å². The molecule has 0 bridgehead atoms. The van der Waals surface area contributed by atoms with Gasteiger partial charge in [0.1, 0.15) is 0 Å². The van der Waals surface area contributed by atoms with Crippen LogP contribution in [-0.4, -0.2) is 24.4 Å². The second kappa shape index (κ2) is 4.29. The van der Waals surface area contributed by atoms with Crippen molar-refractivity contribution in [1.82, 2.24) is 4.90 Å². The van der Waals surface area contributed by atoms with E-state index in [0.717, 1.165) is 6.54 Å². The molecule has 1 amide bonds. The van der Waals surface area contributed by atoms with E-state index in [1.54, 1.807) is 17.1 Å². The number of allylic oxidation sites excluding steroid dienone is 1. The van der Waals surface area contributed by atoms with Crippen LogP contribution >= 0.6 is 0 Å². The summed E-state index contributed by atoms with van der Waals surface area (Å²) in [6.45, 7) is 8.99. The van der Waals surface area contributed by atoms with E-state index < -0.39 is 0 Å². The molecule has 0 aliphatic carbocycles. The summed E-state index contributed by atoms with van der Waals surface area (Å²) < 4.78 is 0. The second-order valence-electron chi connectivity index (χ2n) is 4.25. The van der Waals surface area contributed by atoms with Crippen molar-refractivity contribution in [1.29, 1.82) is 0 Å². The Morgan fingerprint density at radius 3 is 2.25 bits per heavy atom. The first-order valence-electron chi connectivity index (χ1n) is 4.24. The fourth-order valence-electron chi connectivity index (χ4n) is 1.06. The third-order valence-electron chi connectivity index (χ3n) is 1.40. The van der Waals surface area contributed by atoms with Crippen LogP contribution in [0.1, 0.15) is 27.7 Å². The number of carbonyl (C=O) groups excluding carboxylic acids is 1. The molecule has 0 heterocycles. The molecular formula is C10H19NO. The lowest BCUT2D eigenvalue weighted by molar-refractivity contribution is -0.125. The topological polar surface area (TPSA) is 20.3 Å². The highest BCUT2D eigenvalue weighted by Crippen LogP contribution is 2.14. The van der Waals surface area contributed by atoms with Crippen molar-refractivity contribution in [3.8, 4) is 0 Å². The van der Waals surface area contributed by atoms with E-state index in [1.807, 2.05) is 14.0 Å². The molecule has 0 saturated carbocycles. The van der Waals surface area contributed by atoms with E-state index in [2.05, 4.69) is 20.8 Å². The van der Waals surface area contributed by atoms with Gasteiger partial charge in [-0.05, 0) is 18.4 Å². The molecule has 0 fully saturated rings. The Morgan fingerprint density at radius 2 is 1.92 bits per heavy atom. The van der Waals surface area contributed by atoms with E-state index in [1.165, 1.54) is 0 Å². The zero-order chi connectivity index (χ0) is 9.78. The summed E-state index contributed by atoms with van der Waals surface area (Å²) in [5.74, 6) is 0.0763. The molecule has 2 nitrogen and oxygen atoms in total. The molecule has 0 aromatic rings. The van der Waals surface area contributed by atoms with E-state index in [4.69, 9.17) is 0 Å². The van der Waals surface area contributed by atoms with Crippen LogP contribution in [0.2, 0.25) is 0 Å². The summed E-state index contributed by atoms with van der Waals surface area (Å²) in [5, 5.41) is 0. The van der Waals surface area contributed by atoms with Gasteiger partial charge in [0.05, 0.1) is 0 Å². The largest absolute Gasteiger partial charge is 0.342 e. The zero-order valence-corrected chi connectivity index (χ0v) is 8.72. The van der Waals surface area contributed by atoms with Crippen molar-refractivity contribution in [3.63, 3.8) is 0 Å². The molecule has 0 atom stereocenters. The Labute approximate surface area is 75.3 Å². The fourth-order valence-corrected chi connectivity index (χ4v) is 1.06. The summed E-state index contributed by atoms with van der Waals surface area (Å²) in [7, 11) is 1.83. The van der Waals surface area contributed by atoms with Crippen LogP contribution < -0.4 is 0 Å². The van der Waals surface area contributed by atoms with Crippen molar-refractivity contribution >= 4 is 5.91 Å². The molecule has 70 valence electrons. The molecule has 0 aromatic carbocycles. The van der Waals surface area contributed by atoms with Crippen LogP contribution in [0.25, 0.3) is 0 Å². The molecule has 0 aliphatic heterocycles. The van der Waals surface area contributed by atoms with Gasteiger partial charge >= 0.3 is 0 Å². The number of carbonyl (C=O) groups is 1. The van der Waals surface area contributed by atoms with Crippen molar-refractivity contribution in [2.45, 2.75) is 27.7 Å². The minimum atomic E-state index is 0.0763. The highest BCUT2D eigenvalue weighted by molar-refractivity contribution is 5.87. The monoisotopic (exact) mass is 169 g/mol. The van der Waals surface area contributed by atoms with Gasteiger partial charge < -0.3 is 4.90 Å². The van der Waals surface area contributed by atoms with Crippen molar-refractivity contribution < 1.29 is 4.79 Å². The van der Waals surface area contributed by atoms with Crippen molar-refractivity contribution in [3.05, 3.63) is 12.2 Å². The Balaban J connectivity index is 4.04. The van der Waals surface area contributed by atoms with Crippen LogP contribution in [0.15, 0.2) is 12.2 Å². The second-order valence-corrected chi connectivity index (χ2v) is 4.25. The van der Waals surface area contributed by atoms with E-state index >= 15 is 0 Å². The summed E-state index contributed by atoms with van der Waals surface area (Å²) in [6.07, 6.45) is 3.35. The maximum atomic E-state index is 11.3. The highest BCUT2D eigenvalue weighted by Gasteiger charge is 2.15. The Morgan fingerprint density at radius 1 is 1.42 bits per heavy atom. The molecule has 0 radical (unpaired) electrons.